The van der Waals surface area contributed by atoms with Crippen molar-refractivity contribution in [1.29, 1.82) is 0 Å². The predicted molar refractivity (Wildman–Crippen MR) is 138 cm³/mol. The lowest BCUT2D eigenvalue weighted by Crippen LogP contribution is -2.00. The molecule has 31 heavy (non-hydrogen) atoms. The van der Waals surface area contributed by atoms with E-state index < -0.39 is 0 Å². The van der Waals surface area contributed by atoms with Gasteiger partial charge in [-0.15, -0.1) is 0 Å². The summed E-state index contributed by atoms with van der Waals surface area (Å²) in [6.45, 7) is 7.11. The van der Waals surface area contributed by atoms with E-state index in [2.05, 4.69) is 13.0 Å². The summed E-state index contributed by atoms with van der Waals surface area (Å²) >= 11 is 0. The van der Waals surface area contributed by atoms with Crippen LogP contribution in [-0.2, 0) is 0 Å². The van der Waals surface area contributed by atoms with Gasteiger partial charge in [0.1, 0.15) is 5.75 Å². The summed E-state index contributed by atoms with van der Waals surface area (Å²) in [5.74, 6) is 0.825. The van der Waals surface area contributed by atoms with Crippen molar-refractivity contribution in [2.75, 3.05) is 18.1 Å². The first-order valence-electron chi connectivity index (χ1n) is 12.3. The summed E-state index contributed by atoms with van der Waals surface area (Å²) in [6.07, 6.45) is 16.4. The van der Waals surface area contributed by atoms with Gasteiger partial charge in [-0.1, -0.05) is 102 Å². The number of nitrogens with two attached hydrogens (primary N) is 2. The van der Waals surface area contributed by atoms with E-state index in [1.165, 1.54) is 76.2 Å². The zero-order valence-corrected chi connectivity index (χ0v) is 20.3. The van der Waals surface area contributed by atoms with Crippen LogP contribution in [0, 0.1) is 13.8 Å². The molecule has 4 N–H and O–H groups in total. The Kier molecular flexibility index (Phi) is 15.2. The molecule has 0 radical (unpaired) electrons. The fourth-order valence-electron chi connectivity index (χ4n) is 3.50. The van der Waals surface area contributed by atoms with Crippen molar-refractivity contribution in [3.8, 4) is 5.75 Å². The maximum Gasteiger partial charge on any atom is 0.142 e. The molecule has 0 aliphatic rings. The average Bonchev–Trinajstić information content (AvgIpc) is 2.76. The fourth-order valence-corrected chi connectivity index (χ4v) is 3.50. The van der Waals surface area contributed by atoms with Crippen LogP contribution in [0.5, 0.6) is 5.75 Å². The topological polar surface area (TPSA) is 61.3 Å². The largest absolute Gasteiger partial charge is 0.491 e. The standard InChI is InChI=1S/C20H35NO.C8H11N/c1-2-3-4-5-6-7-8-9-10-11-12-15-18-22-20-17-14-13-16-19(20)21;1-6-3-4-7(2)8(9)5-6/h13-14,16-17H,2-12,15,18,21H2,1H3;3-5H,9H2,1-2H3. The van der Waals surface area contributed by atoms with Gasteiger partial charge in [-0.2, -0.15) is 0 Å². The van der Waals surface area contributed by atoms with Crippen molar-refractivity contribution in [1.82, 2.24) is 0 Å². The van der Waals surface area contributed by atoms with Crippen LogP contribution >= 0.6 is 0 Å². The second-order valence-corrected chi connectivity index (χ2v) is 8.64. The van der Waals surface area contributed by atoms with Crippen molar-refractivity contribution in [2.24, 2.45) is 0 Å². The minimum Gasteiger partial charge on any atom is -0.491 e. The summed E-state index contributed by atoms with van der Waals surface area (Å²) in [5, 5.41) is 0. The van der Waals surface area contributed by atoms with Gasteiger partial charge in [-0.25, -0.2) is 0 Å². The number of para-hydroxylation sites is 2. The van der Waals surface area contributed by atoms with Crippen LogP contribution in [-0.4, -0.2) is 6.61 Å². The molecular formula is C28H46N2O. The van der Waals surface area contributed by atoms with E-state index in [0.29, 0.717) is 0 Å². The molecule has 0 saturated carbocycles. The van der Waals surface area contributed by atoms with E-state index in [9.17, 15) is 0 Å². The molecule has 3 heteroatoms. The SMILES string of the molecule is CCCCCCCCCCCCCCOc1ccccc1N.Cc1ccc(C)c(N)c1. The normalized spacial score (nSPS) is 10.4. The van der Waals surface area contributed by atoms with Crippen molar-refractivity contribution in [3.05, 3.63) is 53.6 Å². The van der Waals surface area contributed by atoms with Crippen LogP contribution in [0.1, 0.15) is 95.1 Å². The Morgan fingerprint density at radius 2 is 1.19 bits per heavy atom. The molecule has 2 aromatic rings. The summed E-state index contributed by atoms with van der Waals surface area (Å²) in [7, 11) is 0. The Morgan fingerprint density at radius 1 is 0.645 bits per heavy atom. The van der Waals surface area contributed by atoms with E-state index in [4.69, 9.17) is 16.2 Å². The lowest BCUT2D eigenvalue weighted by molar-refractivity contribution is 0.306. The minimum absolute atomic E-state index is 0.737. The molecule has 0 amide bonds. The molecule has 0 atom stereocenters. The number of rotatable bonds is 14. The minimum atomic E-state index is 0.737. The monoisotopic (exact) mass is 426 g/mol. The highest BCUT2D eigenvalue weighted by Crippen LogP contribution is 2.20. The number of unbranched alkanes of at least 4 members (excludes halogenated alkanes) is 11. The molecule has 0 aromatic heterocycles. The molecule has 0 unspecified atom stereocenters. The number of hydrogen-bond acceptors (Lipinski definition) is 3. The third-order valence-corrected chi connectivity index (χ3v) is 5.61. The zero-order valence-electron chi connectivity index (χ0n) is 20.3. The highest BCUT2D eigenvalue weighted by molar-refractivity contribution is 5.51. The summed E-state index contributed by atoms with van der Waals surface area (Å²) in [6, 6.07) is 13.8. The van der Waals surface area contributed by atoms with E-state index in [1.807, 2.05) is 50.2 Å². The Bertz CT molecular complexity index is 699. The van der Waals surface area contributed by atoms with Gasteiger partial charge in [0.15, 0.2) is 0 Å². The third kappa shape index (κ3) is 13.7. The van der Waals surface area contributed by atoms with Gasteiger partial charge in [0, 0.05) is 5.69 Å². The number of hydrogen-bond donors (Lipinski definition) is 2. The zero-order chi connectivity index (χ0) is 22.7. The lowest BCUT2D eigenvalue weighted by atomic mass is 10.1. The van der Waals surface area contributed by atoms with Gasteiger partial charge in [-0.05, 0) is 49.6 Å². The first-order valence-corrected chi connectivity index (χ1v) is 12.3. The number of benzene rings is 2. The van der Waals surface area contributed by atoms with E-state index in [-0.39, 0.29) is 0 Å². The third-order valence-electron chi connectivity index (χ3n) is 5.61. The number of ether oxygens (including phenoxy) is 1. The van der Waals surface area contributed by atoms with Crippen LogP contribution in [0.2, 0.25) is 0 Å². The second kappa shape index (κ2) is 17.5. The highest BCUT2D eigenvalue weighted by atomic mass is 16.5. The molecule has 0 fully saturated rings. The van der Waals surface area contributed by atoms with Crippen LogP contribution in [0.3, 0.4) is 0 Å². The Labute approximate surface area is 191 Å². The van der Waals surface area contributed by atoms with Crippen LogP contribution in [0.4, 0.5) is 11.4 Å². The molecule has 0 bridgehead atoms. The highest BCUT2D eigenvalue weighted by Gasteiger charge is 1.98. The van der Waals surface area contributed by atoms with E-state index in [1.54, 1.807) is 0 Å². The van der Waals surface area contributed by atoms with Gasteiger partial charge in [0.25, 0.3) is 0 Å². The number of nitrogen functional groups attached to an aromatic ring is 2. The van der Waals surface area contributed by atoms with Gasteiger partial charge >= 0.3 is 0 Å². The predicted octanol–water partition coefficient (Wildman–Crippen LogP) is 8.23. The lowest BCUT2D eigenvalue weighted by Gasteiger charge is -2.08. The van der Waals surface area contributed by atoms with E-state index in [0.717, 1.165) is 35.7 Å². The Hall–Kier alpha value is -2.16. The first-order chi connectivity index (χ1) is 15.0. The molecule has 3 nitrogen and oxygen atoms in total. The molecule has 0 heterocycles. The van der Waals surface area contributed by atoms with Crippen LogP contribution in [0.25, 0.3) is 0 Å². The molecular weight excluding hydrogens is 380 g/mol. The maximum absolute atomic E-state index is 5.84. The molecule has 0 saturated heterocycles. The van der Waals surface area contributed by atoms with Gasteiger partial charge < -0.3 is 16.2 Å². The average molecular weight is 427 g/mol. The number of anilines is 2. The Balaban J connectivity index is 0.000000442. The van der Waals surface area contributed by atoms with Crippen molar-refractivity contribution in [3.63, 3.8) is 0 Å². The van der Waals surface area contributed by atoms with Gasteiger partial charge in [0.05, 0.1) is 12.3 Å². The first kappa shape index (κ1) is 26.9. The van der Waals surface area contributed by atoms with Crippen molar-refractivity contribution in [2.45, 2.75) is 97.8 Å². The second-order valence-electron chi connectivity index (χ2n) is 8.64. The quantitative estimate of drug-likeness (QED) is 0.236. The molecule has 2 aromatic carbocycles. The van der Waals surface area contributed by atoms with Gasteiger partial charge in [0.2, 0.25) is 0 Å². The Morgan fingerprint density at radius 3 is 1.71 bits per heavy atom. The summed E-state index contributed by atoms with van der Waals surface area (Å²) in [4.78, 5) is 0. The maximum atomic E-state index is 5.84. The van der Waals surface area contributed by atoms with Crippen molar-refractivity contribution >= 4 is 11.4 Å². The van der Waals surface area contributed by atoms with Crippen LogP contribution < -0.4 is 16.2 Å². The smallest absolute Gasteiger partial charge is 0.142 e. The molecule has 0 spiro atoms. The van der Waals surface area contributed by atoms with Crippen molar-refractivity contribution < 1.29 is 4.74 Å². The van der Waals surface area contributed by atoms with Gasteiger partial charge in [-0.3, -0.25) is 0 Å². The van der Waals surface area contributed by atoms with E-state index >= 15 is 0 Å². The molecule has 2 rings (SSSR count). The summed E-state index contributed by atoms with van der Waals surface area (Å²) < 4.78 is 5.70. The molecule has 0 aliphatic carbocycles. The molecule has 0 aliphatic heterocycles. The fraction of sp³-hybridized carbons (Fsp3) is 0.571. The molecule has 174 valence electrons. The summed E-state index contributed by atoms with van der Waals surface area (Å²) in [5.41, 5.74) is 15.5. The van der Waals surface area contributed by atoms with Crippen LogP contribution in [0.15, 0.2) is 42.5 Å². The number of aryl methyl sites for hydroxylation is 2.